The van der Waals surface area contributed by atoms with E-state index in [1.807, 2.05) is 24.3 Å². The van der Waals surface area contributed by atoms with Crippen molar-refractivity contribution >= 4 is 11.0 Å². The van der Waals surface area contributed by atoms with E-state index in [0.717, 1.165) is 0 Å². The summed E-state index contributed by atoms with van der Waals surface area (Å²) in [5, 5.41) is 10.6. The first-order valence-electron chi connectivity index (χ1n) is 8.56. The molecule has 0 amide bonds. The fourth-order valence-electron chi connectivity index (χ4n) is 2.65. The standard InChI is InChI=1S/C20H23N3O3/c1-20(2,3)14-6-8-16(9-7-14)26-12-15(24)11-23-13-22-18-17(19(23)25)5-4-10-21-18/h4-10,13,15,24H,11-12H2,1-3H3/t15-/m0/s1. The number of hydrogen-bond acceptors (Lipinski definition) is 5. The van der Waals surface area contributed by atoms with Crippen LogP contribution < -0.4 is 10.3 Å². The highest BCUT2D eigenvalue weighted by molar-refractivity contribution is 5.72. The maximum absolute atomic E-state index is 12.4. The van der Waals surface area contributed by atoms with Gasteiger partial charge >= 0.3 is 0 Å². The largest absolute Gasteiger partial charge is 0.491 e. The lowest BCUT2D eigenvalue weighted by atomic mass is 9.87. The topological polar surface area (TPSA) is 77.2 Å². The Balaban J connectivity index is 1.63. The molecule has 136 valence electrons. The number of nitrogens with zero attached hydrogens (tertiary/aromatic N) is 3. The number of fused-ring (bicyclic) bond motifs is 1. The molecular weight excluding hydrogens is 330 g/mol. The van der Waals surface area contributed by atoms with Crippen LogP contribution in [0.1, 0.15) is 26.3 Å². The van der Waals surface area contributed by atoms with Crippen LogP contribution >= 0.6 is 0 Å². The lowest BCUT2D eigenvalue weighted by molar-refractivity contribution is 0.0914. The van der Waals surface area contributed by atoms with E-state index in [4.69, 9.17) is 4.74 Å². The van der Waals surface area contributed by atoms with Gasteiger partial charge in [-0.3, -0.25) is 9.36 Å². The third kappa shape index (κ3) is 4.08. The Kier molecular flexibility index (Phi) is 5.04. The highest BCUT2D eigenvalue weighted by Gasteiger charge is 2.14. The fraction of sp³-hybridized carbons (Fsp3) is 0.350. The summed E-state index contributed by atoms with van der Waals surface area (Å²) < 4.78 is 7.01. The molecule has 0 saturated carbocycles. The van der Waals surface area contributed by atoms with Crippen LogP contribution in [0.2, 0.25) is 0 Å². The maximum Gasteiger partial charge on any atom is 0.262 e. The molecule has 0 aliphatic rings. The van der Waals surface area contributed by atoms with Crippen molar-refractivity contribution in [2.24, 2.45) is 0 Å². The molecule has 0 saturated heterocycles. The van der Waals surface area contributed by atoms with Crippen molar-refractivity contribution in [2.45, 2.75) is 38.8 Å². The second-order valence-electron chi connectivity index (χ2n) is 7.32. The highest BCUT2D eigenvalue weighted by Crippen LogP contribution is 2.24. The normalized spacial score (nSPS) is 12.9. The summed E-state index contributed by atoms with van der Waals surface area (Å²) in [6.45, 7) is 6.65. The monoisotopic (exact) mass is 353 g/mol. The van der Waals surface area contributed by atoms with E-state index in [0.29, 0.717) is 16.8 Å². The summed E-state index contributed by atoms with van der Waals surface area (Å²) in [5.74, 6) is 0.685. The lowest BCUT2D eigenvalue weighted by Crippen LogP contribution is -2.30. The smallest absolute Gasteiger partial charge is 0.262 e. The molecule has 3 aromatic rings. The Labute approximate surface area is 152 Å². The van der Waals surface area contributed by atoms with Gasteiger partial charge in [0.2, 0.25) is 0 Å². The zero-order valence-electron chi connectivity index (χ0n) is 15.2. The van der Waals surface area contributed by atoms with Crippen LogP contribution in [0.5, 0.6) is 5.75 Å². The van der Waals surface area contributed by atoms with Crippen molar-refractivity contribution < 1.29 is 9.84 Å². The number of aromatic nitrogens is 3. The number of aliphatic hydroxyl groups is 1. The number of pyridine rings is 1. The number of ether oxygens (including phenoxy) is 1. The Bertz CT molecular complexity index is 943. The summed E-state index contributed by atoms with van der Waals surface area (Å²) in [6.07, 6.45) is 2.16. The number of rotatable bonds is 5. The molecule has 3 rings (SSSR count). The van der Waals surface area contributed by atoms with E-state index in [9.17, 15) is 9.90 Å². The van der Waals surface area contributed by atoms with Gasteiger partial charge in [0, 0.05) is 6.20 Å². The quantitative estimate of drug-likeness (QED) is 0.763. The van der Waals surface area contributed by atoms with Crippen molar-refractivity contribution in [2.75, 3.05) is 6.61 Å². The number of aliphatic hydroxyl groups excluding tert-OH is 1. The van der Waals surface area contributed by atoms with Crippen LogP contribution in [-0.4, -0.2) is 32.4 Å². The predicted octanol–water partition coefficient (Wildman–Crippen LogP) is 2.53. The third-order valence-corrected chi connectivity index (χ3v) is 4.17. The minimum atomic E-state index is -0.828. The molecule has 26 heavy (non-hydrogen) atoms. The number of benzene rings is 1. The molecule has 0 aliphatic carbocycles. The molecule has 6 heteroatoms. The van der Waals surface area contributed by atoms with E-state index >= 15 is 0 Å². The minimum Gasteiger partial charge on any atom is -0.491 e. The molecule has 1 N–H and O–H groups in total. The van der Waals surface area contributed by atoms with Crippen molar-refractivity contribution in [1.29, 1.82) is 0 Å². The molecule has 0 aliphatic heterocycles. The molecule has 0 spiro atoms. The van der Waals surface area contributed by atoms with Crippen molar-refractivity contribution in [3.8, 4) is 5.75 Å². The Morgan fingerprint density at radius 3 is 2.58 bits per heavy atom. The van der Waals surface area contributed by atoms with Crippen LogP contribution in [0.4, 0.5) is 0 Å². The third-order valence-electron chi connectivity index (χ3n) is 4.17. The van der Waals surface area contributed by atoms with Crippen LogP contribution in [0, 0.1) is 0 Å². The molecule has 0 unspecified atom stereocenters. The van der Waals surface area contributed by atoms with Crippen LogP contribution in [0.25, 0.3) is 11.0 Å². The fourth-order valence-corrected chi connectivity index (χ4v) is 2.65. The Morgan fingerprint density at radius 1 is 1.15 bits per heavy atom. The number of hydrogen-bond donors (Lipinski definition) is 1. The zero-order chi connectivity index (χ0) is 18.7. The van der Waals surface area contributed by atoms with Gasteiger partial charge in [-0.2, -0.15) is 0 Å². The van der Waals surface area contributed by atoms with Crippen molar-refractivity contribution in [3.05, 3.63) is 64.8 Å². The van der Waals surface area contributed by atoms with Crippen molar-refractivity contribution in [3.63, 3.8) is 0 Å². The molecule has 0 radical (unpaired) electrons. The van der Waals surface area contributed by atoms with E-state index in [2.05, 4.69) is 30.7 Å². The van der Waals surface area contributed by atoms with Gasteiger partial charge < -0.3 is 9.84 Å². The summed E-state index contributed by atoms with van der Waals surface area (Å²) in [5.41, 5.74) is 1.47. The first kappa shape index (κ1) is 18.1. The van der Waals surface area contributed by atoms with Gasteiger partial charge in [0.25, 0.3) is 5.56 Å². The first-order chi connectivity index (χ1) is 12.3. The average molecular weight is 353 g/mol. The van der Waals surface area contributed by atoms with Gasteiger partial charge in [-0.15, -0.1) is 0 Å². The molecule has 6 nitrogen and oxygen atoms in total. The van der Waals surface area contributed by atoms with Gasteiger partial charge in [-0.05, 0) is 35.2 Å². The molecule has 0 fully saturated rings. The molecule has 2 aromatic heterocycles. The molecular formula is C20H23N3O3. The van der Waals surface area contributed by atoms with Crippen LogP contribution in [0.15, 0.2) is 53.7 Å². The SMILES string of the molecule is CC(C)(C)c1ccc(OC[C@@H](O)Cn2cnc3ncccc3c2=O)cc1. The Hall–Kier alpha value is -2.73. The van der Waals surface area contributed by atoms with E-state index in [1.54, 1.807) is 18.3 Å². The van der Waals surface area contributed by atoms with Gasteiger partial charge in [0.1, 0.15) is 24.8 Å². The van der Waals surface area contributed by atoms with E-state index in [-0.39, 0.29) is 24.1 Å². The van der Waals surface area contributed by atoms with Crippen LogP contribution in [0.3, 0.4) is 0 Å². The van der Waals surface area contributed by atoms with E-state index in [1.165, 1.54) is 16.5 Å². The minimum absolute atomic E-state index is 0.0805. The van der Waals surface area contributed by atoms with Gasteiger partial charge in [0.05, 0.1) is 11.9 Å². The zero-order valence-corrected chi connectivity index (χ0v) is 15.2. The average Bonchev–Trinajstić information content (AvgIpc) is 2.62. The molecule has 1 aromatic carbocycles. The predicted molar refractivity (Wildman–Crippen MR) is 100 cm³/mol. The first-order valence-corrected chi connectivity index (χ1v) is 8.56. The van der Waals surface area contributed by atoms with Gasteiger partial charge in [0.15, 0.2) is 5.65 Å². The molecule has 2 heterocycles. The summed E-state index contributed by atoms with van der Waals surface area (Å²) >= 11 is 0. The summed E-state index contributed by atoms with van der Waals surface area (Å²) in [4.78, 5) is 20.6. The van der Waals surface area contributed by atoms with Gasteiger partial charge in [-0.1, -0.05) is 32.9 Å². The Morgan fingerprint density at radius 2 is 1.88 bits per heavy atom. The second kappa shape index (κ2) is 7.25. The lowest BCUT2D eigenvalue weighted by Gasteiger charge is -2.19. The van der Waals surface area contributed by atoms with Crippen molar-refractivity contribution in [1.82, 2.24) is 14.5 Å². The van der Waals surface area contributed by atoms with Crippen LogP contribution in [-0.2, 0) is 12.0 Å². The summed E-state index contributed by atoms with van der Waals surface area (Å²) in [6, 6.07) is 11.2. The maximum atomic E-state index is 12.4. The van der Waals surface area contributed by atoms with E-state index < -0.39 is 6.10 Å². The molecule has 0 bridgehead atoms. The second-order valence-corrected chi connectivity index (χ2v) is 7.32. The summed E-state index contributed by atoms with van der Waals surface area (Å²) in [7, 11) is 0. The molecule has 1 atom stereocenters. The van der Waals surface area contributed by atoms with Gasteiger partial charge in [-0.25, -0.2) is 9.97 Å². The highest BCUT2D eigenvalue weighted by atomic mass is 16.5.